The molecule has 25 heavy (non-hydrogen) atoms. The van der Waals surface area contributed by atoms with Crippen LogP contribution in [0.3, 0.4) is 0 Å². The number of hydrogen-bond donors (Lipinski definition) is 1. The third kappa shape index (κ3) is 3.03. The van der Waals surface area contributed by atoms with E-state index < -0.39 is 20.5 Å². The molecule has 1 aliphatic carbocycles. The Morgan fingerprint density at radius 1 is 1.20 bits per heavy atom. The van der Waals surface area contributed by atoms with E-state index in [1.165, 1.54) is 7.11 Å². The van der Waals surface area contributed by atoms with E-state index in [2.05, 4.69) is 15.9 Å². The standard InChI is InChI=1S/C18H18BrNO3S2/c1-23-11-18(17(20)24)15(12-7-9-13(19)10-8-12)16(18)25(21,22)14-5-3-2-4-6-14/h2-10,15-16H,11H2,1H3,(H2,20,24)/t15-,16+,18+/m1/s1. The number of benzene rings is 2. The second kappa shape index (κ2) is 6.79. The van der Waals surface area contributed by atoms with Gasteiger partial charge in [0.1, 0.15) is 0 Å². The lowest BCUT2D eigenvalue weighted by Gasteiger charge is -2.16. The number of nitrogens with two attached hydrogens (primary N) is 1. The molecule has 1 saturated carbocycles. The van der Waals surface area contributed by atoms with Crippen molar-refractivity contribution in [2.45, 2.75) is 16.1 Å². The third-order valence-corrected chi connectivity index (χ3v) is 7.93. The van der Waals surface area contributed by atoms with Crippen LogP contribution in [0, 0.1) is 5.41 Å². The average molecular weight is 440 g/mol. The molecule has 3 rings (SSSR count). The molecule has 0 heterocycles. The van der Waals surface area contributed by atoms with Crippen molar-refractivity contribution in [3.8, 4) is 0 Å². The van der Waals surface area contributed by atoms with Crippen LogP contribution in [0.5, 0.6) is 0 Å². The highest BCUT2D eigenvalue weighted by Crippen LogP contribution is 2.64. The summed E-state index contributed by atoms with van der Waals surface area (Å²) in [6.07, 6.45) is 0. The number of halogens is 1. The topological polar surface area (TPSA) is 69.4 Å². The van der Waals surface area contributed by atoms with Gasteiger partial charge in [0, 0.05) is 17.5 Å². The fourth-order valence-electron chi connectivity index (χ4n) is 3.54. The average Bonchev–Trinajstić information content (AvgIpc) is 3.28. The van der Waals surface area contributed by atoms with Crippen molar-refractivity contribution < 1.29 is 13.2 Å². The van der Waals surface area contributed by atoms with Crippen LogP contribution in [0.15, 0.2) is 64.0 Å². The summed E-state index contributed by atoms with van der Waals surface area (Å²) in [7, 11) is -2.08. The maximum atomic E-state index is 13.3. The van der Waals surface area contributed by atoms with E-state index in [1.54, 1.807) is 30.3 Å². The Bertz CT molecular complexity index is 884. The van der Waals surface area contributed by atoms with E-state index >= 15 is 0 Å². The highest BCUT2D eigenvalue weighted by molar-refractivity contribution is 9.10. The van der Waals surface area contributed by atoms with Crippen molar-refractivity contribution in [1.82, 2.24) is 0 Å². The molecule has 0 spiro atoms. The Morgan fingerprint density at radius 3 is 2.32 bits per heavy atom. The van der Waals surface area contributed by atoms with Gasteiger partial charge in [-0.15, -0.1) is 0 Å². The van der Waals surface area contributed by atoms with Crippen LogP contribution in [0.25, 0.3) is 0 Å². The van der Waals surface area contributed by atoms with Crippen LogP contribution in [-0.4, -0.2) is 32.4 Å². The van der Waals surface area contributed by atoms with Gasteiger partial charge in [-0.3, -0.25) is 0 Å². The maximum Gasteiger partial charge on any atom is 0.182 e. The molecule has 1 aliphatic rings. The van der Waals surface area contributed by atoms with Crippen molar-refractivity contribution in [2.24, 2.45) is 11.1 Å². The van der Waals surface area contributed by atoms with Gasteiger partial charge in [0.25, 0.3) is 0 Å². The number of thiocarbonyl (C=S) groups is 1. The van der Waals surface area contributed by atoms with E-state index in [1.807, 2.05) is 24.3 Å². The Labute approximate surface area is 161 Å². The lowest BCUT2D eigenvalue weighted by Crippen LogP contribution is -2.33. The molecule has 7 heteroatoms. The Kier molecular flexibility index (Phi) is 5.03. The van der Waals surface area contributed by atoms with E-state index in [-0.39, 0.29) is 22.4 Å². The van der Waals surface area contributed by atoms with E-state index in [4.69, 9.17) is 22.7 Å². The zero-order valence-electron chi connectivity index (χ0n) is 13.6. The number of hydrogen-bond acceptors (Lipinski definition) is 4. The van der Waals surface area contributed by atoms with Gasteiger partial charge in [0.05, 0.1) is 27.2 Å². The van der Waals surface area contributed by atoms with Crippen molar-refractivity contribution in [1.29, 1.82) is 0 Å². The van der Waals surface area contributed by atoms with Gasteiger partial charge in [0.15, 0.2) is 9.84 Å². The van der Waals surface area contributed by atoms with Gasteiger partial charge in [-0.05, 0) is 29.8 Å². The molecule has 0 unspecified atom stereocenters. The second-order valence-electron chi connectivity index (χ2n) is 6.15. The van der Waals surface area contributed by atoms with Crippen molar-refractivity contribution in [3.05, 3.63) is 64.6 Å². The molecule has 4 nitrogen and oxygen atoms in total. The Hall–Kier alpha value is -1.28. The smallest absolute Gasteiger partial charge is 0.182 e. The number of methoxy groups -OCH3 is 1. The maximum absolute atomic E-state index is 13.3. The van der Waals surface area contributed by atoms with Gasteiger partial charge < -0.3 is 10.5 Å². The highest BCUT2D eigenvalue weighted by atomic mass is 79.9. The summed E-state index contributed by atoms with van der Waals surface area (Å²) in [6, 6.07) is 16.0. The minimum Gasteiger partial charge on any atom is -0.393 e. The first-order valence-electron chi connectivity index (χ1n) is 7.69. The molecule has 0 aromatic heterocycles. The van der Waals surface area contributed by atoms with Crippen molar-refractivity contribution >= 4 is 43.0 Å². The first-order valence-corrected chi connectivity index (χ1v) is 10.4. The number of ether oxygens (including phenoxy) is 1. The predicted molar refractivity (Wildman–Crippen MR) is 105 cm³/mol. The Balaban J connectivity index is 2.12. The van der Waals surface area contributed by atoms with Crippen LogP contribution < -0.4 is 5.73 Å². The Morgan fingerprint density at radius 2 is 1.80 bits per heavy atom. The first kappa shape index (κ1) is 18.5. The van der Waals surface area contributed by atoms with Gasteiger partial charge in [0.2, 0.25) is 0 Å². The van der Waals surface area contributed by atoms with E-state index in [0.29, 0.717) is 0 Å². The summed E-state index contributed by atoms with van der Waals surface area (Å²) in [5.41, 5.74) is 6.01. The quantitative estimate of drug-likeness (QED) is 0.699. The molecule has 0 bridgehead atoms. The minimum atomic E-state index is -3.61. The zero-order chi connectivity index (χ0) is 18.2. The molecule has 2 aromatic carbocycles. The zero-order valence-corrected chi connectivity index (χ0v) is 16.8. The van der Waals surface area contributed by atoms with Gasteiger partial charge in [-0.1, -0.05) is 58.5 Å². The highest BCUT2D eigenvalue weighted by Gasteiger charge is 2.73. The monoisotopic (exact) mass is 439 g/mol. The molecule has 0 amide bonds. The number of sulfone groups is 1. The van der Waals surface area contributed by atoms with Crippen LogP contribution in [0.4, 0.5) is 0 Å². The molecule has 0 aliphatic heterocycles. The van der Waals surface area contributed by atoms with E-state index in [0.717, 1.165) is 10.0 Å². The normalized spacial score (nSPS) is 25.5. The summed E-state index contributed by atoms with van der Waals surface area (Å²) in [6.45, 7) is 0.166. The molecule has 132 valence electrons. The third-order valence-electron chi connectivity index (χ3n) is 4.73. The SMILES string of the molecule is COC[C@]1(C(N)=S)[C@H](c2ccc(Br)cc2)[C@@H]1S(=O)(=O)c1ccccc1. The largest absolute Gasteiger partial charge is 0.393 e. The summed E-state index contributed by atoms with van der Waals surface area (Å²) in [5, 5.41) is -0.735. The summed E-state index contributed by atoms with van der Waals surface area (Å²) in [5.74, 6) is -0.330. The second-order valence-corrected chi connectivity index (χ2v) is 9.57. The molecular formula is C18H18BrNO3S2. The van der Waals surface area contributed by atoms with Crippen LogP contribution in [-0.2, 0) is 14.6 Å². The van der Waals surface area contributed by atoms with E-state index in [9.17, 15) is 8.42 Å². The summed E-state index contributed by atoms with van der Waals surface area (Å²) < 4.78 is 32.8. The van der Waals surface area contributed by atoms with Crippen molar-refractivity contribution in [2.75, 3.05) is 13.7 Å². The number of rotatable bonds is 6. The fourth-order valence-corrected chi connectivity index (χ4v) is 6.59. The van der Waals surface area contributed by atoms with Gasteiger partial charge in [-0.2, -0.15) is 0 Å². The van der Waals surface area contributed by atoms with Crippen LogP contribution in [0.1, 0.15) is 11.5 Å². The fraction of sp³-hybridized carbons (Fsp3) is 0.278. The molecule has 0 radical (unpaired) electrons. The molecule has 2 aromatic rings. The lowest BCUT2D eigenvalue weighted by atomic mass is 10.00. The molecule has 1 fully saturated rings. The molecule has 0 saturated heterocycles. The molecular weight excluding hydrogens is 422 g/mol. The minimum absolute atomic E-state index is 0.166. The summed E-state index contributed by atoms with van der Waals surface area (Å²) in [4.78, 5) is 0.447. The molecule has 2 N–H and O–H groups in total. The van der Waals surface area contributed by atoms with Gasteiger partial charge >= 0.3 is 0 Å². The van der Waals surface area contributed by atoms with Crippen LogP contribution in [0.2, 0.25) is 0 Å². The predicted octanol–water partition coefficient (Wildman–Crippen LogP) is 3.31. The van der Waals surface area contributed by atoms with Gasteiger partial charge in [-0.25, -0.2) is 8.42 Å². The first-order chi connectivity index (χ1) is 11.9. The van der Waals surface area contributed by atoms with Crippen LogP contribution >= 0.6 is 28.1 Å². The van der Waals surface area contributed by atoms with Crippen molar-refractivity contribution in [3.63, 3.8) is 0 Å². The summed E-state index contributed by atoms with van der Waals surface area (Å²) >= 11 is 8.68. The lowest BCUT2D eigenvalue weighted by molar-refractivity contribution is 0.166. The molecule has 3 atom stereocenters.